The average Bonchev–Trinajstić information content (AvgIpc) is 3.66. The van der Waals surface area contributed by atoms with Gasteiger partial charge >= 0.3 is 12.1 Å². The normalized spacial score (nSPS) is 28.9. The van der Waals surface area contributed by atoms with Crippen LogP contribution >= 0.6 is 0 Å². The summed E-state index contributed by atoms with van der Waals surface area (Å²) in [6, 6.07) is 3.16. The van der Waals surface area contributed by atoms with Crippen molar-refractivity contribution in [2.45, 2.75) is 134 Å². The van der Waals surface area contributed by atoms with E-state index in [4.69, 9.17) is 23.9 Å². The van der Waals surface area contributed by atoms with E-state index in [1.165, 1.54) is 4.90 Å². The van der Waals surface area contributed by atoms with Crippen molar-refractivity contribution in [2.75, 3.05) is 20.3 Å². The third kappa shape index (κ3) is 7.80. The zero-order valence-electron chi connectivity index (χ0n) is 31.9. The Balaban J connectivity index is 1.41. The number of hydrogen-bond donors (Lipinski definition) is 2. The summed E-state index contributed by atoms with van der Waals surface area (Å²) < 4.78 is 40.2. The summed E-state index contributed by atoms with van der Waals surface area (Å²) in [6.07, 6.45) is 5.19. The second-order valence-corrected chi connectivity index (χ2v) is 16.2. The minimum absolute atomic E-state index is 0.0450. The van der Waals surface area contributed by atoms with Crippen molar-refractivity contribution < 1.29 is 42.5 Å². The van der Waals surface area contributed by atoms with Crippen LogP contribution in [0.3, 0.4) is 0 Å². The van der Waals surface area contributed by atoms with Gasteiger partial charge in [-0.3, -0.25) is 9.59 Å². The number of fused-ring (bicyclic) bond motifs is 5. The Morgan fingerprint density at radius 1 is 1.15 bits per heavy atom. The number of ether oxygens (including phenoxy) is 4. The first-order valence-corrected chi connectivity index (χ1v) is 18.9. The molecule has 1 saturated carbocycles. The summed E-state index contributed by atoms with van der Waals surface area (Å²) >= 11 is 0. The first-order chi connectivity index (χ1) is 25.1. The van der Waals surface area contributed by atoms with E-state index in [1.807, 2.05) is 26.0 Å². The number of alkyl carbamates (subject to hydrolysis) is 1. The molecule has 2 fully saturated rings. The van der Waals surface area contributed by atoms with Gasteiger partial charge in [-0.05, 0) is 77.5 Å². The molecule has 1 aromatic carbocycles. The van der Waals surface area contributed by atoms with Gasteiger partial charge in [0.15, 0.2) is 0 Å². The lowest BCUT2D eigenvalue weighted by Gasteiger charge is -2.39. The largest absolute Gasteiger partial charge is 0.497 e. The highest BCUT2D eigenvalue weighted by molar-refractivity contribution is 5.97. The summed E-state index contributed by atoms with van der Waals surface area (Å²) in [5.41, 5.74) is -1.86. The maximum absolute atomic E-state index is 16.9. The highest BCUT2D eigenvalue weighted by Crippen LogP contribution is 2.52. The third-order valence-corrected chi connectivity index (χ3v) is 10.6. The lowest BCUT2D eigenvalue weighted by Crippen LogP contribution is -2.57. The van der Waals surface area contributed by atoms with Crippen molar-refractivity contribution in [3.63, 3.8) is 0 Å². The molecular weight excluding hydrogens is 683 g/mol. The minimum Gasteiger partial charge on any atom is -0.497 e. The van der Waals surface area contributed by atoms with Crippen LogP contribution in [0, 0.1) is 5.92 Å². The quantitative estimate of drug-likeness (QED) is 0.265. The lowest BCUT2D eigenvalue weighted by molar-refractivity contribution is -0.150. The molecule has 6 atom stereocenters. The van der Waals surface area contributed by atoms with E-state index >= 15 is 4.39 Å². The van der Waals surface area contributed by atoms with Crippen molar-refractivity contribution in [3.05, 3.63) is 41.6 Å². The molecule has 0 radical (unpaired) electrons. The number of allylic oxidation sites excluding steroid dienone is 1. The molecule has 4 aliphatic rings. The van der Waals surface area contributed by atoms with E-state index in [2.05, 4.69) is 10.6 Å². The predicted octanol–water partition coefficient (Wildman–Crippen LogP) is 6.35. The number of hydrogen-bond acceptors (Lipinski definition) is 9. The average molecular weight is 737 g/mol. The fourth-order valence-electron chi connectivity index (χ4n) is 8.00. The highest BCUT2D eigenvalue weighted by Gasteiger charge is 2.63. The smallest absolute Gasteiger partial charge is 0.408 e. The van der Waals surface area contributed by atoms with E-state index in [0.717, 1.165) is 19.3 Å². The van der Waals surface area contributed by atoms with Gasteiger partial charge in [0.25, 0.3) is 0 Å². The second-order valence-electron chi connectivity index (χ2n) is 16.2. The Kier molecular flexibility index (Phi) is 10.7. The van der Waals surface area contributed by atoms with E-state index < -0.39 is 58.9 Å². The molecule has 0 bridgehead atoms. The van der Waals surface area contributed by atoms with E-state index in [1.54, 1.807) is 53.0 Å². The first-order valence-electron chi connectivity index (χ1n) is 18.9. The van der Waals surface area contributed by atoms with Crippen LogP contribution in [-0.2, 0) is 23.9 Å². The number of aromatic nitrogens is 1. The van der Waals surface area contributed by atoms with Crippen molar-refractivity contribution in [2.24, 2.45) is 5.92 Å². The standard InChI is InChI=1S/C40H53FN4O8/c1-8-51-36(48)40-19-24(40)14-12-10-9-11-13-15-29(43-37(49)53-38(4,5)6)35(47)45-22-39(21-30(45)34(46)44-40)20-27(41)31-26-18-25(50-7)16-17-28(26)42-32(23(2)3)33(31)52-39/h12,14,16-18,23-24,27,29-30H,8-11,13,15,19-22H2,1-7H3,(H,43,49)(H,44,46). The van der Waals surface area contributed by atoms with Crippen molar-refractivity contribution >= 4 is 34.8 Å². The molecule has 2 aromatic rings. The van der Waals surface area contributed by atoms with E-state index in [0.29, 0.717) is 52.9 Å². The summed E-state index contributed by atoms with van der Waals surface area (Å²) in [6.45, 7) is 10.8. The van der Waals surface area contributed by atoms with Crippen molar-refractivity contribution in [1.29, 1.82) is 0 Å². The van der Waals surface area contributed by atoms with Crippen molar-refractivity contribution in [1.82, 2.24) is 20.5 Å². The maximum Gasteiger partial charge on any atom is 0.408 e. The number of carbonyl (C=O) groups excluding carboxylic acids is 4. The molecule has 6 unspecified atom stereocenters. The second kappa shape index (κ2) is 14.8. The molecule has 13 heteroatoms. The van der Waals surface area contributed by atoms with Gasteiger partial charge in [-0.2, -0.15) is 0 Å². The van der Waals surface area contributed by atoms with Crippen LogP contribution in [0.2, 0.25) is 0 Å². The van der Waals surface area contributed by atoms with Gasteiger partial charge in [-0.1, -0.05) is 38.8 Å². The number of carbonyl (C=O) groups is 4. The van der Waals surface area contributed by atoms with Crippen molar-refractivity contribution in [3.8, 4) is 11.5 Å². The Labute approximate surface area is 310 Å². The number of benzene rings is 1. The molecule has 3 amide bonds. The van der Waals surface area contributed by atoms with Gasteiger partial charge in [0, 0.05) is 29.7 Å². The summed E-state index contributed by atoms with van der Waals surface area (Å²) in [7, 11) is 1.54. The third-order valence-electron chi connectivity index (χ3n) is 10.6. The molecule has 1 spiro atoms. The fraction of sp³-hybridized carbons (Fsp3) is 0.625. The molecule has 1 aliphatic carbocycles. The summed E-state index contributed by atoms with van der Waals surface area (Å²) in [5, 5.41) is 6.31. The number of methoxy groups -OCH3 is 1. The van der Waals surface area contributed by atoms with Gasteiger partial charge < -0.3 is 34.5 Å². The van der Waals surface area contributed by atoms with Crippen LogP contribution in [-0.4, -0.2) is 82.8 Å². The topological polar surface area (TPSA) is 145 Å². The van der Waals surface area contributed by atoms with Crippen LogP contribution < -0.4 is 20.1 Å². The molecule has 1 saturated heterocycles. The predicted molar refractivity (Wildman–Crippen MR) is 195 cm³/mol. The number of amides is 3. The SMILES string of the molecule is CCOC(=O)C12CC1C=CCCCCCC(NC(=O)OC(C)(C)C)C(=O)N1CC3(CC(F)c4c(c(C(C)C)nc5ccc(OC)cc45)O3)CC1C(=O)N2. The van der Waals surface area contributed by atoms with Crippen LogP contribution in [0.15, 0.2) is 30.4 Å². The molecule has 4 heterocycles. The number of halogens is 1. The molecular formula is C40H53FN4O8. The van der Waals surface area contributed by atoms with Crippen LogP contribution in [0.5, 0.6) is 11.5 Å². The van der Waals surface area contributed by atoms with Gasteiger partial charge in [0.2, 0.25) is 11.8 Å². The molecule has 12 nitrogen and oxygen atoms in total. The molecule has 6 rings (SSSR count). The van der Waals surface area contributed by atoms with Crippen LogP contribution in [0.4, 0.5) is 9.18 Å². The molecule has 2 N–H and O–H groups in total. The Morgan fingerprint density at radius 3 is 2.62 bits per heavy atom. The van der Waals surface area contributed by atoms with Gasteiger partial charge in [0.1, 0.15) is 46.5 Å². The number of nitrogens with one attached hydrogen (secondary N) is 2. The zero-order valence-corrected chi connectivity index (χ0v) is 31.9. The summed E-state index contributed by atoms with van der Waals surface area (Å²) in [5.74, 6) is -1.17. The molecule has 1 aromatic heterocycles. The zero-order chi connectivity index (χ0) is 38.3. The molecule has 288 valence electrons. The first kappa shape index (κ1) is 38.3. The van der Waals surface area contributed by atoms with Gasteiger partial charge in [-0.25, -0.2) is 19.0 Å². The monoisotopic (exact) mass is 736 g/mol. The number of nitrogens with zero attached hydrogens (tertiary/aromatic N) is 2. The Bertz CT molecular complexity index is 1790. The number of pyridine rings is 1. The lowest BCUT2D eigenvalue weighted by atomic mass is 9.85. The van der Waals surface area contributed by atoms with E-state index in [9.17, 15) is 19.2 Å². The summed E-state index contributed by atoms with van der Waals surface area (Å²) in [4.78, 5) is 61.9. The van der Waals surface area contributed by atoms with Gasteiger partial charge in [-0.15, -0.1) is 0 Å². The van der Waals surface area contributed by atoms with Gasteiger partial charge in [0.05, 0.1) is 31.5 Å². The molecule has 53 heavy (non-hydrogen) atoms. The molecule has 3 aliphatic heterocycles. The number of alkyl halides is 1. The Hall–Kier alpha value is -4.42. The van der Waals surface area contributed by atoms with Crippen LogP contribution in [0.25, 0.3) is 10.9 Å². The maximum atomic E-state index is 16.9. The fourth-order valence-corrected chi connectivity index (χ4v) is 8.00. The Morgan fingerprint density at radius 2 is 1.92 bits per heavy atom. The van der Waals surface area contributed by atoms with E-state index in [-0.39, 0.29) is 37.8 Å². The number of rotatable bonds is 5. The highest BCUT2D eigenvalue weighted by atomic mass is 19.1. The van der Waals surface area contributed by atoms with Crippen LogP contribution in [0.1, 0.15) is 116 Å². The number of esters is 1. The minimum atomic E-state index is -1.52.